The predicted molar refractivity (Wildman–Crippen MR) is 89.2 cm³/mol. The minimum atomic E-state index is -0.294. The molecule has 0 aliphatic rings. The average molecular weight is 327 g/mol. The van der Waals surface area contributed by atoms with Crippen LogP contribution in [0.1, 0.15) is 23.5 Å². The number of benzene rings is 1. The van der Waals surface area contributed by atoms with E-state index >= 15 is 0 Å². The van der Waals surface area contributed by atoms with Gasteiger partial charge < -0.3 is 8.98 Å². The van der Waals surface area contributed by atoms with Gasteiger partial charge in [0.15, 0.2) is 11.0 Å². The van der Waals surface area contributed by atoms with E-state index in [0.717, 1.165) is 22.7 Å². The second-order valence-electron chi connectivity index (χ2n) is 5.27. The summed E-state index contributed by atoms with van der Waals surface area (Å²) < 4.78 is 7.22. The zero-order valence-corrected chi connectivity index (χ0v) is 14.0. The molecule has 0 amide bonds. The summed E-state index contributed by atoms with van der Waals surface area (Å²) in [4.78, 5) is 12.1. The molecule has 0 bridgehead atoms. The average Bonchev–Trinajstić information content (AvgIpc) is 3.11. The lowest BCUT2D eigenvalue weighted by molar-refractivity contribution is -0.116. The molecule has 1 atom stereocenters. The molecule has 2 aromatic heterocycles. The van der Waals surface area contributed by atoms with Gasteiger partial charge in [-0.3, -0.25) is 4.79 Å². The van der Waals surface area contributed by atoms with Gasteiger partial charge >= 0.3 is 0 Å². The molecule has 2 heterocycles. The zero-order chi connectivity index (χ0) is 16.4. The van der Waals surface area contributed by atoms with Gasteiger partial charge in [0, 0.05) is 7.05 Å². The first-order valence-electron chi connectivity index (χ1n) is 7.24. The molecule has 5 nitrogen and oxygen atoms in total. The number of carbonyl (C=O) groups excluding carboxylic acids is 1. The molecule has 6 heteroatoms. The van der Waals surface area contributed by atoms with Gasteiger partial charge in [-0.15, -0.1) is 10.2 Å². The van der Waals surface area contributed by atoms with Crippen LogP contribution in [0.4, 0.5) is 0 Å². The van der Waals surface area contributed by atoms with Crippen molar-refractivity contribution in [3.05, 3.63) is 54.0 Å². The van der Waals surface area contributed by atoms with Crippen molar-refractivity contribution in [2.75, 3.05) is 0 Å². The van der Waals surface area contributed by atoms with Gasteiger partial charge in [0.25, 0.3) is 0 Å². The van der Waals surface area contributed by atoms with E-state index in [0.29, 0.717) is 5.16 Å². The second kappa shape index (κ2) is 6.42. The molecule has 0 saturated heterocycles. The summed E-state index contributed by atoms with van der Waals surface area (Å²) in [6.07, 6.45) is 1.63. The second-order valence-corrected chi connectivity index (χ2v) is 6.35. The summed E-state index contributed by atoms with van der Waals surface area (Å²) >= 11 is 1.41. The summed E-state index contributed by atoms with van der Waals surface area (Å²) in [6.45, 7) is 3.49. The third-order valence-electron chi connectivity index (χ3n) is 3.63. The normalized spacial score (nSPS) is 12.3. The smallest absolute Gasteiger partial charge is 0.192 e. The van der Waals surface area contributed by atoms with Crippen molar-refractivity contribution < 1.29 is 9.21 Å². The molecule has 0 N–H and O–H groups in total. The molecule has 0 spiro atoms. The van der Waals surface area contributed by atoms with Crippen LogP contribution in [0.5, 0.6) is 0 Å². The third-order valence-corrected chi connectivity index (χ3v) is 5.04. The Kier molecular flexibility index (Phi) is 4.34. The van der Waals surface area contributed by atoms with Crippen LogP contribution in [0.15, 0.2) is 52.2 Å². The number of nitrogens with zero attached hydrogens (tertiary/aromatic N) is 3. The number of thioether (sulfide) groups is 1. The van der Waals surface area contributed by atoms with Crippen LogP contribution in [0, 0.1) is 6.92 Å². The van der Waals surface area contributed by atoms with E-state index in [1.165, 1.54) is 11.8 Å². The van der Waals surface area contributed by atoms with Crippen LogP contribution in [0.3, 0.4) is 0 Å². The number of Topliss-reactive ketones (excluding diaryl/α,β-unsaturated/α-hetero) is 1. The molecule has 3 rings (SSSR count). The lowest BCUT2D eigenvalue weighted by Crippen LogP contribution is -2.06. The molecule has 0 radical (unpaired) electrons. The van der Waals surface area contributed by atoms with Crippen LogP contribution >= 0.6 is 11.8 Å². The SMILES string of the molecule is CC(=O)C(Sc1nnc(-c2ccoc2C)n1C)c1ccccc1. The van der Waals surface area contributed by atoms with Crippen molar-refractivity contribution in [1.29, 1.82) is 0 Å². The van der Waals surface area contributed by atoms with Crippen molar-refractivity contribution in [2.45, 2.75) is 24.3 Å². The first-order chi connectivity index (χ1) is 11.1. The molecular weight excluding hydrogens is 310 g/mol. The molecule has 0 aliphatic heterocycles. The zero-order valence-electron chi connectivity index (χ0n) is 13.2. The number of ketones is 1. The van der Waals surface area contributed by atoms with E-state index in [2.05, 4.69) is 10.2 Å². The van der Waals surface area contributed by atoms with Gasteiger partial charge in [0.2, 0.25) is 0 Å². The Morgan fingerprint density at radius 3 is 2.57 bits per heavy atom. The predicted octanol–water partition coefficient (Wildman–Crippen LogP) is 3.81. The summed E-state index contributed by atoms with van der Waals surface area (Å²) in [7, 11) is 1.90. The first-order valence-corrected chi connectivity index (χ1v) is 8.12. The molecule has 0 fully saturated rings. The lowest BCUT2D eigenvalue weighted by Gasteiger charge is -2.13. The minimum absolute atomic E-state index is 0.0882. The monoisotopic (exact) mass is 327 g/mol. The van der Waals surface area contributed by atoms with E-state index < -0.39 is 0 Å². The third kappa shape index (κ3) is 3.07. The van der Waals surface area contributed by atoms with Gasteiger partial charge in [0.05, 0.1) is 17.1 Å². The van der Waals surface area contributed by atoms with Gasteiger partial charge in [-0.05, 0) is 25.5 Å². The summed E-state index contributed by atoms with van der Waals surface area (Å²) in [5.41, 5.74) is 1.87. The Morgan fingerprint density at radius 1 is 1.22 bits per heavy atom. The summed E-state index contributed by atoms with van der Waals surface area (Å²) in [6, 6.07) is 11.6. The topological polar surface area (TPSA) is 60.9 Å². The number of carbonyl (C=O) groups is 1. The molecule has 23 heavy (non-hydrogen) atoms. The fraction of sp³-hybridized carbons (Fsp3) is 0.235. The van der Waals surface area contributed by atoms with E-state index in [9.17, 15) is 4.79 Å². The Hall–Kier alpha value is -2.34. The number of furan rings is 1. The van der Waals surface area contributed by atoms with Crippen molar-refractivity contribution >= 4 is 17.5 Å². The number of hydrogen-bond donors (Lipinski definition) is 0. The molecule has 118 valence electrons. The fourth-order valence-corrected chi connectivity index (χ4v) is 3.39. The van der Waals surface area contributed by atoms with Gasteiger partial charge in [0.1, 0.15) is 11.5 Å². The maximum Gasteiger partial charge on any atom is 0.192 e. The number of hydrogen-bond acceptors (Lipinski definition) is 5. The van der Waals surface area contributed by atoms with E-state index in [4.69, 9.17) is 4.42 Å². The maximum absolute atomic E-state index is 12.1. The highest BCUT2D eigenvalue weighted by molar-refractivity contribution is 8.00. The van der Waals surface area contributed by atoms with Crippen LogP contribution in [0.2, 0.25) is 0 Å². The molecule has 1 aromatic carbocycles. The highest BCUT2D eigenvalue weighted by Gasteiger charge is 2.22. The molecule has 0 saturated carbocycles. The van der Waals surface area contributed by atoms with Crippen molar-refractivity contribution in [1.82, 2.24) is 14.8 Å². The Morgan fingerprint density at radius 2 is 1.96 bits per heavy atom. The standard InChI is InChI=1S/C17H17N3O2S/c1-11(21)15(13-7-5-4-6-8-13)23-17-19-18-16(20(17)3)14-9-10-22-12(14)2/h4-10,15H,1-3H3. The lowest BCUT2D eigenvalue weighted by atomic mass is 10.1. The highest BCUT2D eigenvalue weighted by Crippen LogP contribution is 2.36. The van der Waals surface area contributed by atoms with Gasteiger partial charge in [-0.2, -0.15) is 0 Å². The minimum Gasteiger partial charge on any atom is -0.469 e. The summed E-state index contributed by atoms with van der Waals surface area (Å²) in [5, 5.41) is 8.89. The van der Waals surface area contributed by atoms with Crippen LogP contribution in [-0.4, -0.2) is 20.5 Å². The highest BCUT2D eigenvalue weighted by atomic mass is 32.2. The van der Waals surface area contributed by atoms with E-state index in [-0.39, 0.29) is 11.0 Å². The maximum atomic E-state index is 12.1. The largest absolute Gasteiger partial charge is 0.469 e. The summed E-state index contributed by atoms with van der Waals surface area (Å²) in [5.74, 6) is 1.61. The fourth-order valence-electron chi connectivity index (χ4n) is 2.39. The number of aryl methyl sites for hydroxylation is 1. The Bertz CT molecular complexity index is 823. The van der Waals surface area contributed by atoms with Crippen LogP contribution in [-0.2, 0) is 11.8 Å². The van der Waals surface area contributed by atoms with Crippen molar-refractivity contribution in [2.24, 2.45) is 7.05 Å². The number of aromatic nitrogens is 3. The molecule has 3 aromatic rings. The molecule has 1 unspecified atom stereocenters. The van der Waals surface area contributed by atoms with Crippen LogP contribution < -0.4 is 0 Å². The van der Waals surface area contributed by atoms with Crippen molar-refractivity contribution in [3.63, 3.8) is 0 Å². The van der Waals surface area contributed by atoms with Gasteiger partial charge in [-0.25, -0.2) is 0 Å². The molecular formula is C17H17N3O2S. The first kappa shape index (κ1) is 15.6. The van der Waals surface area contributed by atoms with Gasteiger partial charge in [-0.1, -0.05) is 42.1 Å². The van der Waals surface area contributed by atoms with Crippen LogP contribution in [0.25, 0.3) is 11.4 Å². The van der Waals surface area contributed by atoms with E-state index in [1.807, 2.05) is 54.9 Å². The number of rotatable bonds is 5. The van der Waals surface area contributed by atoms with Crippen molar-refractivity contribution in [3.8, 4) is 11.4 Å². The Balaban J connectivity index is 1.92. The Labute approximate surface area is 138 Å². The molecule has 0 aliphatic carbocycles. The van der Waals surface area contributed by atoms with E-state index in [1.54, 1.807) is 13.2 Å². The quantitative estimate of drug-likeness (QED) is 0.667.